The van der Waals surface area contributed by atoms with E-state index in [2.05, 4.69) is 51.1 Å². The highest BCUT2D eigenvalue weighted by molar-refractivity contribution is 5.73. The van der Waals surface area contributed by atoms with Crippen molar-refractivity contribution in [3.05, 3.63) is 47.0 Å². The van der Waals surface area contributed by atoms with Gasteiger partial charge >= 0.3 is 0 Å². The highest BCUT2D eigenvalue weighted by Crippen LogP contribution is 2.29. The van der Waals surface area contributed by atoms with E-state index in [0.717, 1.165) is 0 Å². The second-order valence-electron chi connectivity index (χ2n) is 3.75. The summed E-state index contributed by atoms with van der Waals surface area (Å²) in [6.07, 6.45) is 0. The third-order valence-electron chi connectivity index (χ3n) is 2.61. The Kier molecular flexibility index (Phi) is 1.84. The van der Waals surface area contributed by atoms with Gasteiger partial charge in [0.1, 0.15) is 0 Å². The predicted octanol–water partition coefficient (Wildman–Crippen LogP) is 3.72. The average molecular weight is 170 g/mol. The minimum absolute atomic E-state index is 1.33. The zero-order valence-electron chi connectivity index (χ0n) is 8.39. The summed E-state index contributed by atoms with van der Waals surface area (Å²) in [5.41, 5.74) is 6.83. The lowest BCUT2D eigenvalue weighted by atomic mass is 10.1. The Balaban J connectivity index is 2.81. The smallest absolute Gasteiger partial charge is 0.0149 e. The summed E-state index contributed by atoms with van der Waals surface area (Å²) in [7, 11) is 0. The van der Waals surface area contributed by atoms with Gasteiger partial charge in [-0.2, -0.15) is 0 Å². The van der Waals surface area contributed by atoms with Crippen LogP contribution in [-0.2, 0) is 0 Å². The lowest BCUT2D eigenvalue weighted by molar-refractivity contribution is 1.48. The van der Waals surface area contributed by atoms with E-state index in [1.165, 1.54) is 27.8 Å². The van der Waals surface area contributed by atoms with E-state index in [4.69, 9.17) is 0 Å². The van der Waals surface area contributed by atoms with Crippen LogP contribution in [0.25, 0.3) is 11.1 Å². The highest BCUT2D eigenvalue weighted by Gasteiger charge is 2.06. The standard InChI is InChI=1S/C13H14/c1-9-4-5-10(2)12-7-6-11(3)13(12)8-9/h4-8H,1-3H3. The molecular weight excluding hydrogens is 156 g/mol. The molecule has 0 nitrogen and oxygen atoms in total. The van der Waals surface area contributed by atoms with E-state index < -0.39 is 0 Å². The molecule has 0 bridgehead atoms. The van der Waals surface area contributed by atoms with Gasteiger partial charge in [0.15, 0.2) is 0 Å². The number of aryl methyl sites for hydroxylation is 3. The van der Waals surface area contributed by atoms with Crippen molar-refractivity contribution in [3.8, 4) is 11.1 Å². The Morgan fingerprint density at radius 2 is 1.31 bits per heavy atom. The second kappa shape index (κ2) is 2.88. The fourth-order valence-corrected chi connectivity index (χ4v) is 1.76. The van der Waals surface area contributed by atoms with Crippen LogP contribution in [0.3, 0.4) is 0 Å². The maximum Gasteiger partial charge on any atom is -0.0149 e. The van der Waals surface area contributed by atoms with Crippen LogP contribution in [0.1, 0.15) is 16.7 Å². The number of hydrogen-bond acceptors (Lipinski definition) is 0. The number of rotatable bonds is 0. The van der Waals surface area contributed by atoms with Crippen molar-refractivity contribution in [2.45, 2.75) is 20.8 Å². The summed E-state index contributed by atoms with van der Waals surface area (Å²) in [5, 5.41) is 0. The maximum atomic E-state index is 2.26. The molecule has 0 saturated carbocycles. The SMILES string of the molecule is Cc1ccc(C)c2ccc(C)c-2c1. The van der Waals surface area contributed by atoms with Crippen molar-refractivity contribution in [1.29, 1.82) is 0 Å². The van der Waals surface area contributed by atoms with Crippen molar-refractivity contribution in [2.75, 3.05) is 0 Å². The largest absolute Gasteiger partial charge is 0.0590 e. The van der Waals surface area contributed by atoms with Crippen molar-refractivity contribution in [2.24, 2.45) is 0 Å². The van der Waals surface area contributed by atoms with Crippen LogP contribution in [-0.4, -0.2) is 0 Å². The van der Waals surface area contributed by atoms with Gasteiger partial charge in [0.2, 0.25) is 0 Å². The van der Waals surface area contributed by atoms with Crippen molar-refractivity contribution in [3.63, 3.8) is 0 Å². The summed E-state index contributed by atoms with van der Waals surface area (Å²) in [4.78, 5) is 0. The second-order valence-corrected chi connectivity index (χ2v) is 3.75. The van der Waals surface area contributed by atoms with Crippen molar-refractivity contribution < 1.29 is 0 Å². The minimum atomic E-state index is 1.33. The maximum absolute atomic E-state index is 2.26. The van der Waals surface area contributed by atoms with Gasteiger partial charge < -0.3 is 0 Å². The molecule has 0 N–H and O–H groups in total. The van der Waals surface area contributed by atoms with E-state index in [9.17, 15) is 0 Å². The third-order valence-corrected chi connectivity index (χ3v) is 2.61. The molecule has 66 valence electrons. The van der Waals surface area contributed by atoms with Crippen LogP contribution in [0.2, 0.25) is 0 Å². The van der Waals surface area contributed by atoms with Crippen molar-refractivity contribution in [1.82, 2.24) is 0 Å². The predicted molar refractivity (Wildman–Crippen MR) is 57.3 cm³/mol. The molecule has 2 rings (SSSR count). The van der Waals surface area contributed by atoms with E-state index in [-0.39, 0.29) is 0 Å². The number of hydrogen-bond donors (Lipinski definition) is 0. The van der Waals surface area contributed by atoms with Crippen LogP contribution in [0.5, 0.6) is 0 Å². The molecule has 13 heavy (non-hydrogen) atoms. The quantitative estimate of drug-likeness (QED) is 0.565. The molecule has 0 saturated heterocycles. The first kappa shape index (κ1) is 8.31. The summed E-state index contributed by atoms with van der Waals surface area (Å²) in [6, 6.07) is 11.0. The molecule has 0 amide bonds. The zero-order chi connectivity index (χ0) is 9.42. The Labute approximate surface area is 79.6 Å². The first-order valence-corrected chi connectivity index (χ1v) is 4.65. The molecule has 0 aromatic heterocycles. The Morgan fingerprint density at radius 1 is 0.692 bits per heavy atom. The minimum Gasteiger partial charge on any atom is -0.0590 e. The van der Waals surface area contributed by atoms with Gasteiger partial charge in [0.25, 0.3) is 0 Å². The molecule has 0 spiro atoms. The molecule has 0 heteroatoms. The summed E-state index contributed by atoms with van der Waals surface area (Å²) >= 11 is 0. The summed E-state index contributed by atoms with van der Waals surface area (Å²) in [6.45, 7) is 6.48. The molecule has 0 aromatic carbocycles. The molecule has 2 aliphatic carbocycles. The molecule has 0 radical (unpaired) electrons. The van der Waals surface area contributed by atoms with E-state index in [1.54, 1.807) is 0 Å². The fourth-order valence-electron chi connectivity index (χ4n) is 1.76. The molecule has 0 heterocycles. The van der Waals surface area contributed by atoms with Gasteiger partial charge in [-0.05, 0) is 43.0 Å². The Bertz CT molecular complexity index is 413. The zero-order valence-corrected chi connectivity index (χ0v) is 8.39. The van der Waals surface area contributed by atoms with E-state index in [0.29, 0.717) is 0 Å². The first-order chi connectivity index (χ1) is 6.18. The van der Waals surface area contributed by atoms with Gasteiger partial charge in [0, 0.05) is 0 Å². The van der Waals surface area contributed by atoms with Crippen LogP contribution in [0.15, 0.2) is 30.3 Å². The van der Waals surface area contributed by atoms with Crippen molar-refractivity contribution >= 4 is 0 Å². The fraction of sp³-hybridized carbons (Fsp3) is 0.231. The molecule has 0 fully saturated rings. The van der Waals surface area contributed by atoms with Crippen LogP contribution in [0, 0.1) is 20.8 Å². The topological polar surface area (TPSA) is 0 Å². The average Bonchev–Trinajstić information content (AvgIpc) is 2.37. The molecular formula is C13H14. The van der Waals surface area contributed by atoms with Gasteiger partial charge in [-0.3, -0.25) is 0 Å². The summed E-state index contributed by atoms with van der Waals surface area (Å²) < 4.78 is 0. The van der Waals surface area contributed by atoms with E-state index >= 15 is 0 Å². The normalized spacial score (nSPS) is 10.7. The van der Waals surface area contributed by atoms with Gasteiger partial charge in [0.05, 0.1) is 0 Å². The van der Waals surface area contributed by atoms with Crippen LogP contribution < -0.4 is 0 Å². The lowest BCUT2D eigenvalue weighted by Crippen LogP contribution is -1.74. The molecule has 0 unspecified atom stereocenters. The first-order valence-electron chi connectivity index (χ1n) is 4.65. The molecule has 0 aromatic rings. The molecule has 0 aliphatic heterocycles. The highest BCUT2D eigenvalue weighted by atomic mass is 14.1. The van der Waals surface area contributed by atoms with Gasteiger partial charge in [-0.15, -0.1) is 0 Å². The Hall–Kier alpha value is -1.30. The monoisotopic (exact) mass is 170 g/mol. The van der Waals surface area contributed by atoms with Gasteiger partial charge in [-0.25, -0.2) is 0 Å². The summed E-state index contributed by atoms with van der Waals surface area (Å²) in [5.74, 6) is 0. The Morgan fingerprint density at radius 3 is 2.08 bits per heavy atom. The molecule has 2 aliphatic rings. The van der Waals surface area contributed by atoms with Crippen LogP contribution in [0.4, 0.5) is 0 Å². The number of fused-ring (bicyclic) bond motifs is 1. The third kappa shape index (κ3) is 1.33. The van der Waals surface area contributed by atoms with Gasteiger partial charge in [-0.1, -0.05) is 35.9 Å². The van der Waals surface area contributed by atoms with Crippen LogP contribution >= 0.6 is 0 Å². The molecule has 0 atom stereocenters. The lowest BCUT2D eigenvalue weighted by Gasteiger charge is -1.97. The van der Waals surface area contributed by atoms with E-state index in [1.807, 2.05) is 0 Å².